The molecule has 0 atom stereocenters. The van der Waals surface area contributed by atoms with Crippen molar-refractivity contribution in [1.29, 1.82) is 0 Å². The van der Waals surface area contributed by atoms with Crippen LogP contribution in [0.3, 0.4) is 0 Å². The van der Waals surface area contributed by atoms with E-state index in [1.807, 2.05) is 24.3 Å². The summed E-state index contributed by atoms with van der Waals surface area (Å²) in [5.41, 5.74) is 3.08. The van der Waals surface area contributed by atoms with Crippen LogP contribution in [0.2, 0.25) is 0 Å². The molecule has 0 saturated carbocycles. The molecule has 0 amide bonds. The molecule has 1 aliphatic carbocycles. The van der Waals surface area contributed by atoms with Crippen molar-refractivity contribution in [2.45, 2.75) is 6.92 Å². The lowest BCUT2D eigenvalue weighted by Crippen LogP contribution is -2.01. The number of benzene rings is 2. The Kier molecular flexibility index (Phi) is 2.27. The quantitative estimate of drug-likeness (QED) is 0.483. The summed E-state index contributed by atoms with van der Waals surface area (Å²) in [6.45, 7) is 1.35. The average molecular weight is 238 g/mol. The van der Waals surface area contributed by atoms with Gasteiger partial charge in [-0.05, 0) is 29.3 Å². The Bertz CT molecular complexity index is 671. The highest BCUT2D eigenvalue weighted by atomic mass is 16.5. The van der Waals surface area contributed by atoms with Crippen LogP contribution in [0.15, 0.2) is 42.5 Å². The lowest BCUT2D eigenvalue weighted by Gasteiger charge is -2.04. The highest BCUT2D eigenvalue weighted by molar-refractivity contribution is 6.21. The SMILES string of the molecule is CC(=O)Oc1ccc2c(c1)-c1ccccc1C2=O. The number of rotatable bonds is 1. The largest absolute Gasteiger partial charge is 0.427 e. The van der Waals surface area contributed by atoms with Gasteiger partial charge < -0.3 is 4.74 Å². The Morgan fingerprint density at radius 1 is 0.944 bits per heavy atom. The van der Waals surface area contributed by atoms with E-state index in [1.165, 1.54) is 6.92 Å². The Morgan fingerprint density at radius 3 is 2.33 bits per heavy atom. The second-order valence-corrected chi connectivity index (χ2v) is 4.18. The zero-order valence-electron chi connectivity index (χ0n) is 9.77. The molecule has 1 aliphatic rings. The molecule has 3 rings (SSSR count). The number of carbonyl (C=O) groups is 2. The van der Waals surface area contributed by atoms with E-state index in [0.717, 1.165) is 11.1 Å². The van der Waals surface area contributed by atoms with Crippen LogP contribution in [0, 0.1) is 0 Å². The number of hydrogen-bond donors (Lipinski definition) is 0. The molecule has 2 aromatic rings. The highest BCUT2D eigenvalue weighted by Gasteiger charge is 2.26. The van der Waals surface area contributed by atoms with Crippen LogP contribution >= 0.6 is 0 Å². The van der Waals surface area contributed by atoms with E-state index in [2.05, 4.69) is 0 Å². The first-order valence-electron chi connectivity index (χ1n) is 5.63. The van der Waals surface area contributed by atoms with Gasteiger partial charge in [-0.25, -0.2) is 0 Å². The summed E-state index contributed by atoms with van der Waals surface area (Å²) in [5, 5.41) is 0. The van der Waals surface area contributed by atoms with Crippen LogP contribution in [0.25, 0.3) is 11.1 Å². The maximum atomic E-state index is 12.1. The van der Waals surface area contributed by atoms with Gasteiger partial charge in [-0.3, -0.25) is 9.59 Å². The van der Waals surface area contributed by atoms with Crippen molar-refractivity contribution < 1.29 is 14.3 Å². The van der Waals surface area contributed by atoms with Gasteiger partial charge in [0.05, 0.1) is 0 Å². The molecule has 0 heterocycles. The first-order chi connectivity index (χ1) is 8.66. The van der Waals surface area contributed by atoms with Crippen molar-refractivity contribution >= 4 is 11.8 Å². The first-order valence-corrected chi connectivity index (χ1v) is 5.63. The molecule has 3 nitrogen and oxygen atoms in total. The predicted molar refractivity (Wildman–Crippen MR) is 66.6 cm³/mol. The second-order valence-electron chi connectivity index (χ2n) is 4.18. The summed E-state index contributed by atoms with van der Waals surface area (Å²) in [6.07, 6.45) is 0. The number of hydrogen-bond acceptors (Lipinski definition) is 3. The fourth-order valence-electron chi connectivity index (χ4n) is 2.23. The van der Waals surface area contributed by atoms with Crippen LogP contribution in [0.1, 0.15) is 22.8 Å². The topological polar surface area (TPSA) is 43.4 Å². The average Bonchev–Trinajstić information content (AvgIpc) is 2.63. The molecule has 0 bridgehead atoms. The van der Waals surface area contributed by atoms with Crippen molar-refractivity contribution in [2.75, 3.05) is 0 Å². The molecule has 0 spiro atoms. The van der Waals surface area contributed by atoms with Crippen molar-refractivity contribution in [1.82, 2.24) is 0 Å². The first kappa shape index (κ1) is 10.7. The minimum atomic E-state index is -0.368. The van der Waals surface area contributed by atoms with Crippen LogP contribution in [0.4, 0.5) is 0 Å². The van der Waals surface area contributed by atoms with Crippen LogP contribution in [-0.2, 0) is 4.79 Å². The number of ketones is 1. The molecule has 0 saturated heterocycles. The summed E-state index contributed by atoms with van der Waals surface area (Å²) in [7, 11) is 0. The summed E-state index contributed by atoms with van der Waals surface area (Å²) in [4.78, 5) is 23.0. The van der Waals surface area contributed by atoms with Gasteiger partial charge in [0.2, 0.25) is 0 Å². The van der Waals surface area contributed by atoms with Gasteiger partial charge in [-0.2, -0.15) is 0 Å². The number of ether oxygens (including phenoxy) is 1. The molecule has 3 heteroatoms. The Balaban J connectivity index is 2.17. The third kappa shape index (κ3) is 1.52. The number of esters is 1. The molecule has 0 N–H and O–H groups in total. The summed E-state index contributed by atoms with van der Waals surface area (Å²) >= 11 is 0. The molecule has 0 aliphatic heterocycles. The smallest absolute Gasteiger partial charge is 0.308 e. The number of fused-ring (bicyclic) bond motifs is 3. The van der Waals surface area contributed by atoms with E-state index in [1.54, 1.807) is 18.2 Å². The Hall–Kier alpha value is -2.42. The molecule has 88 valence electrons. The normalized spacial score (nSPS) is 11.9. The molecule has 0 radical (unpaired) electrons. The van der Waals surface area contributed by atoms with Crippen LogP contribution < -0.4 is 4.74 Å². The molecule has 0 fully saturated rings. The van der Waals surface area contributed by atoms with E-state index < -0.39 is 0 Å². The van der Waals surface area contributed by atoms with E-state index in [4.69, 9.17) is 4.74 Å². The van der Waals surface area contributed by atoms with Gasteiger partial charge in [0.25, 0.3) is 0 Å². The molecular formula is C15H10O3. The summed E-state index contributed by atoms with van der Waals surface area (Å²) in [5.74, 6) is 0.119. The minimum absolute atomic E-state index is 0.0231. The lowest BCUT2D eigenvalue weighted by molar-refractivity contribution is -0.131. The molecule has 2 aromatic carbocycles. The van der Waals surface area contributed by atoms with Crippen molar-refractivity contribution in [3.8, 4) is 16.9 Å². The van der Waals surface area contributed by atoms with Gasteiger partial charge in [0.15, 0.2) is 5.78 Å². The lowest BCUT2D eigenvalue weighted by atomic mass is 10.1. The maximum absolute atomic E-state index is 12.1. The van der Waals surface area contributed by atoms with Gasteiger partial charge in [0.1, 0.15) is 5.75 Å². The maximum Gasteiger partial charge on any atom is 0.308 e. The van der Waals surface area contributed by atoms with Gasteiger partial charge >= 0.3 is 5.97 Å². The minimum Gasteiger partial charge on any atom is -0.427 e. The van der Waals surface area contributed by atoms with Gasteiger partial charge in [0, 0.05) is 18.1 Å². The van der Waals surface area contributed by atoms with Crippen molar-refractivity contribution in [3.63, 3.8) is 0 Å². The third-order valence-electron chi connectivity index (χ3n) is 2.96. The van der Waals surface area contributed by atoms with E-state index in [9.17, 15) is 9.59 Å². The second kappa shape index (κ2) is 3.81. The third-order valence-corrected chi connectivity index (χ3v) is 2.96. The van der Waals surface area contributed by atoms with Crippen molar-refractivity contribution in [3.05, 3.63) is 53.6 Å². The highest BCUT2D eigenvalue weighted by Crippen LogP contribution is 2.38. The van der Waals surface area contributed by atoms with E-state index in [0.29, 0.717) is 16.9 Å². The fraction of sp³-hybridized carbons (Fsp3) is 0.0667. The molecule has 18 heavy (non-hydrogen) atoms. The van der Waals surface area contributed by atoms with Gasteiger partial charge in [-0.1, -0.05) is 24.3 Å². The van der Waals surface area contributed by atoms with E-state index in [-0.39, 0.29) is 11.8 Å². The van der Waals surface area contributed by atoms with E-state index >= 15 is 0 Å². The monoisotopic (exact) mass is 238 g/mol. The molecule has 0 aromatic heterocycles. The Labute approximate surface area is 104 Å². The van der Waals surface area contributed by atoms with Crippen molar-refractivity contribution in [2.24, 2.45) is 0 Å². The Morgan fingerprint density at radius 2 is 1.61 bits per heavy atom. The predicted octanol–water partition coefficient (Wildman–Crippen LogP) is 2.82. The number of carbonyl (C=O) groups excluding carboxylic acids is 2. The molecular weight excluding hydrogens is 228 g/mol. The summed E-state index contributed by atoms with van der Waals surface area (Å²) < 4.78 is 5.04. The van der Waals surface area contributed by atoms with Crippen LogP contribution in [0.5, 0.6) is 5.75 Å². The zero-order chi connectivity index (χ0) is 12.7. The standard InChI is InChI=1S/C15H10O3/c1-9(16)18-10-6-7-13-14(8-10)11-4-2-3-5-12(11)15(13)17/h2-8H,1H3. The zero-order valence-corrected chi connectivity index (χ0v) is 9.77. The molecule has 0 unspecified atom stereocenters. The van der Waals surface area contributed by atoms with Crippen LogP contribution in [-0.4, -0.2) is 11.8 Å². The van der Waals surface area contributed by atoms with Gasteiger partial charge in [-0.15, -0.1) is 0 Å². The fourth-order valence-corrected chi connectivity index (χ4v) is 2.23. The summed E-state index contributed by atoms with van der Waals surface area (Å²) in [6, 6.07) is 12.5.